The standard InChI is InChI=1S/C25H26N4O5S/c1-2-33-19-12-10-18(11-13-19)26-22(30)14-15-23(31)28-29-25(35)27-24(32)16-34-21-9-5-7-17-6-3-4-8-20(17)21/h3-13H,2,14-16H2,1H3,(H,26,30)(H,28,31)(H2,27,29,32,35). The number of carbonyl (C=O) groups excluding carboxylic acids is 3. The first-order valence-electron chi connectivity index (χ1n) is 11.0. The Hall–Kier alpha value is -4.18. The molecule has 0 saturated heterocycles. The van der Waals surface area contributed by atoms with E-state index in [2.05, 4.69) is 21.5 Å². The van der Waals surface area contributed by atoms with E-state index in [9.17, 15) is 14.4 Å². The van der Waals surface area contributed by atoms with Crippen LogP contribution in [0.4, 0.5) is 5.69 Å². The molecule has 4 N–H and O–H groups in total. The van der Waals surface area contributed by atoms with E-state index in [4.69, 9.17) is 21.7 Å². The van der Waals surface area contributed by atoms with E-state index in [0.717, 1.165) is 10.8 Å². The van der Waals surface area contributed by atoms with Gasteiger partial charge in [-0.2, -0.15) is 0 Å². The summed E-state index contributed by atoms with van der Waals surface area (Å²) in [6.45, 7) is 2.19. The van der Waals surface area contributed by atoms with Crippen LogP contribution < -0.4 is 31.0 Å². The van der Waals surface area contributed by atoms with Gasteiger partial charge in [0.2, 0.25) is 11.8 Å². The second kappa shape index (κ2) is 12.9. The van der Waals surface area contributed by atoms with Gasteiger partial charge in [-0.05, 0) is 54.9 Å². The molecule has 0 spiro atoms. The highest BCUT2D eigenvalue weighted by Crippen LogP contribution is 2.24. The lowest BCUT2D eigenvalue weighted by Gasteiger charge is -2.12. The van der Waals surface area contributed by atoms with Gasteiger partial charge in [0, 0.05) is 23.9 Å². The lowest BCUT2D eigenvalue weighted by atomic mass is 10.1. The van der Waals surface area contributed by atoms with Crippen LogP contribution in [-0.2, 0) is 14.4 Å². The Morgan fingerprint density at radius 2 is 1.51 bits per heavy atom. The van der Waals surface area contributed by atoms with Crippen LogP contribution in [0.3, 0.4) is 0 Å². The van der Waals surface area contributed by atoms with Gasteiger partial charge < -0.3 is 14.8 Å². The molecule has 0 saturated carbocycles. The van der Waals surface area contributed by atoms with E-state index in [0.29, 0.717) is 23.8 Å². The lowest BCUT2D eigenvalue weighted by Crippen LogP contribution is -2.49. The number of carbonyl (C=O) groups is 3. The van der Waals surface area contributed by atoms with Crippen molar-refractivity contribution in [3.63, 3.8) is 0 Å². The van der Waals surface area contributed by atoms with Crippen LogP contribution in [-0.4, -0.2) is 36.0 Å². The van der Waals surface area contributed by atoms with Crippen LogP contribution in [0.25, 0.3) is 10.8 Å². The summed E-state index contributed by atoms with van der Waals surface area (Å²) >= 11 is 5.01. The molecule has 0 aliphatic carbocycles. The Bertz CT molecular complexity index is 1190. The van der Waals surface area contributed by atoms with Crippen molar-refractivity contribution in [3.8, 4) is 11.5 Å². The highest BCUT2D eigenvalue weighted by atomic mass is 32.1. The molecule has 0 aromatic heterocycles. The molecule has 0 fully saturated rings. The molecular formula is C25H26N4O5S. The maximum atomic E-state index is 12.1. The summed E-state index contributed by atoms with van der Waals surface area (Å²) in [5.74, 6) is 0.0220. The van der Waals surface area contributed by atoms with Gasteiger partial charge >= 0.3 is 0 Å². The van der Waals surface area contributed by atoms with Gasteiger partial charge in [0.05, 0.1) is 6.61 Å². The van der Waals surface area contributed by atoms with Crippen molar-refractivity contribution in [1.29, 1.82) is 0 Å². The summed E-state index contributed by atoms with van der Waals surface area (Å²) in [5.41, 5.74) is 5.38. The van der Waals surface area contributed by atoms with Crippen molar-refractivity contribution in [2.45, 2.75) is 19.8 Å². The number of ether oxygens (including phenoxy) is 2. The minimum atomic E-state index is -0.487. The first-order valence-corrected chi connectivity index (χ1v) is 11.4. The maximum absolute atomic E-state index is 12.1. The third kappa shape index (κ3) is 8.27. The molecule has 0 aliphatic rings. The second-order valence-electron chi connectivity index (χ2n) is 7.32. The Kier molecular flexibility index (Phi) is 9.38. The topological polar surface area (TPSA) is 118 Å². The molecule has 3 rings (SSSR count). The lowest BCUT2D eigenvalue weighted by molar-refractivity contribution is -0.125. The van der Waals surface area contributed by atoms with Crippen LogP contribution in [0.15, 0.2) is 66.7 Å². The quantitative estimate of drug-likeness (QED) is 0.267. The van der Waals surface area contributed by atoms with Gasteiger partial charge in [-0.15, -0.1) is 0 Å². The fourth-order valence-electron chi connectivity index (χ4n) is 3.10. The van der Waals surface area contributed by atoms with Crippen LogP contribution in [0, 0.1) is 0 Å². The number of hydrogen-bond donors (Lipinski definition) is 4. The number of hydrazine groups is 1. The molecule has 0 bridgehead atoms. The average Bonchev–Trinajstić information content (AvgIpc) is 2.86. The highest BCUT2D eigenvalue weighted by molar-refractivity contribution is 7.80. The molecule has 0 unspecified atom stereocenters. The third-order valence-electron chi connectivity index (χ3n) is 4.71. The molecule has 35 heavy (non-hydrogen) atoms. The van der Waals surface area contributed by atoms with Gasteiger partial charge in [0.1, 0.15) is 11.5 Å². The average molecular weight is 495 g/mol. The molecule has 3 aromatic rings. The SMILES string of the molecule is CCOc1ccc(NC(=O)CCC(=O)NNC(=S)NC(=O)COc2cccc3ccccc23)cc1. The molecule has 0 atom stereocenters. The predicted molar refractivity (Wildman–Crippen MR) is 137 cm³/mol. The fraction of sp³-hybridized carbons (Fsp3) is 0.200. The van der Waals surface area contributed by atoms with Gasteiger partial charge in [-0.3, -0.25) is 30.6 Å². The van der Waals surface area contributed by atoms with E-state index >= 15 is 0 Å². The number of thiocarbonyl (C=S) groups is 1. The Balaban J connectivity index is 1.33. The monoisotopic (exact) mass is 494 g/mol. The van der Waals surface area contributed by atoms with Crippen molar-refractivity contribution in [3.05, 3.63) is 66.7 Å². The zero-order valence-corrected chi connectivity index (χ0v) is 19.9. The first-order chi connectivity index (χ1) is 16.9. The Labute approximate surface area is 208 Å². The molecule has 3 aromatic carbocycles. The number of hydrogen-bond acceptors (Lipinski definition) is 6. The molecule has 0 radical (unpaired) electrons. The minimum Gasteiger partial charge on any atom is -0.494 e. The zero-order valence-electron chi connectivity index (χ0n) is 19.1. The van der Waals surface area contributed by atoms with Crippen molar-refractivity contribution in [2.24, 2.45) is 0 Å². The van der Waals surface area contributed by atoms with Crippen molar-refractivity contribution in [1.82, 2.24) is 16.2 Å². The smallest absolute Gasteiger partial charge is 0.264 e. The summed E-state index contributed by atoms with van der Waals surface area (Å²) in [6.07, 6.45) is -0.102. The predicted octanol–water partition coefficient (Wildman–Crippen LogP) is 3.06. The Morgan fingerprint density at radius 3 is 2.29 bits per heavy atom. The largest absolute Gasteiger partial charge is 0.494 e. The van der Waals surface area contributed by atoms with E-state index < -0.39 is 11.8 Å². The molecule has 0 heterocycles. The number of nitrogens with one attached hydrogen (secondary N) is 4. The molecule has 182 valence electrons. The summed E-state index contributed by atoms with van der Waals surface area (Å²) < 4.78 is 10.9. The van der Waals surface area contributed by atoms with Gasteiger partial charge in [0.25, 0.3) is 5.91 Å². The second-order valence-corrected chi connectivity index (χ2v) is 7.73. The molecule has 0 aliphatic heterocycles. The summed E-state index contributed by atoms with van der Waals surface area (Å²) in [4.78, 5) is 36.1. The van der Waals surface area contributed by atoms with Crippen LogP contribution in [0.1, 0.15) is 19.8 Å². The highest BCUT2D eigenvalue weighted by Gasteiger charge is 2.10. The normalized spacial score (nSPS) is 10.2. The number of fused-ring (bicyclic) bond motifs is 1. The maximum Gasteiger partial charge on any atom is 0.264 e. The van der Waals surface area contributed by atoms with E-state index in [1.54, 1.807) is 30.3 Å². The summed E-state index contributed by atoms with van der Waals surface area (Å²) in [6, 6.07) is 20.2. The van der Waals surface area contributed by atoms with Crippen molar-refractivity contribution < 1.29 is 23.9 Å². The van der Waals surface area contributed by atoms with Crippen LogP contribution >= 0.6 is 12.2 Å². The number of benzene rings is 3. The first kappa shape index (κ1) is 25.4. The molecular weight excluding hydrogens is 468 g/mol. The molecule has 10 heteroatoms. The molecule has 3 amide bonds. The number of amides is 3. The number of rotatable bonds is 9. The fourth-order valence-corrected chi connectivity index (χ4v) is 3.26. The summed E-state index contributed by atoms with van der Waals surface area (Å²) in [7, 11) is 0. The van der Waals surface area contributed by atoms with Gasteiger partial charge in [0.15, 0.2) is 11.7 Å². The van der Waals surface area contributed by atoms with Crippen molar-refractivity contribution in [2.75, 3.05) is 18.5 Å². The minimum absolute atomic E-state index is 0.0290. The van der Waals surface area contributed by atoms with Crippen LogP contribution in [0.5, 0.6) is 11.5 Å². The van der Waals surface area contributed by atoms with Gasteiger partial charge in [-0.1, -0.05) is 36.4 Å². The summed E-state index contributed by atoms with van der Waals surface area (Å²) in [5, 5.41) is 6.92. The van der Waals surface area contributed by atoms with Crippen molar-refractivity contribution >= 4 is 51.5 Å². The van der Waals surface area contributed by atoms with Gasteiger partial charge in [-0.25, -0.2) is 0 Å². The Morgan fingerprint density at radius 1 is 0.800 bits per heavy atom. The molecule has 9 nitrogen and oxygen atoms in total. The third-order valence-corrected chi connectivity index (χ3v) is 4.91. The van der Waals surface area contributed by atoms with E-state index in [1.165, 1.54) is 0 Å². The van der Waals surface area contributed by atoms with Crippen LogP contribution in [0.2, 0.25) is 0 Å². The number of anilines is 1. The zero-order chi connectivity index (χ0) is 25.0. The van der Waals surface area contributed by atoms with E-state index in [1.807, 2.05) is 43.3 Å². The van der Waals surface area contributed by atoms with E-state index in [-0.39, 0.29) is 30.5 Å².